The van der Waals surface area contributed by atoms with Crippen LogP contribution in [-0.2, 0) is 6.42 Å². The van der Waals surface area contributed by atoms with E-state index in [1.54, 1.807) is 6.92 Å². The molecule has 4 heteroatoms. The highest BCUT2D eigenvalue weighted by Crippen LogP contribution is 2.21. The summed E-state index contributed by atoms with van der Waals surface area (Å²) < 4.78 is 0. The normalized spacial score (nSPS) is 10.2. The molecule has 1 heterocycles. The molecule has 0 spiro atoms. The minimum absolute atomic E-state index is 0.0685. The zero-order valence-corrected chi connectivity index (χ0v) is 7.52. The molecule has 0 bridgehead atoms. The number of hydrogen-bond acceptors (Lipinski definition) is 3. The number of hydrogen-bond donors (Lipinski definition) is 2. The molecule has 0 aromatic carbocycles. The van der Waals surface area contributed by atoms with Crippen molar-refractivity contribution in [2.45, 2.75) is 13.3 Å². The number of carboxylic acids is 1. The van der Waals surface area contributed by atoms with Gasteiger partial charge in [-0.15, -0.1) is 11.3 Å². The molecule has 1 rings (SSSR count). The van der Waals surface area contributed by atoms with Crippen LogP contribution in [0.15, 0.2) is 6.07 Å². The predicted molar refractivity (Wildman–Crippen MR) is 46.8 cm³/mol. The van der Waals surface area contributed by atoms with Crippen LogP contribution in [-0.4, -0.2) is 22.8 Å². The van der Waals surface area contributed by atoms with Gasteiger partial charge in [0.25, 0.3) is 0 Å². The van der Waals surface area contributed by atoms with Gasteiger partial charge in [0.15, 0.2) is 0 Å². The molecule has 0 atom stereocenters. The lowest BCUT2D eigenvalue weighted by molar-refractivity contribution is 0.0701. The molecule has 0 aliphatic heterocycles. The van der Waals surface area contributed by atoms with Crippen molar-refractivity contribution in [2.24, 2.45) is 0 Å². The van der Waals surface area contributed by atoms with Crippen LogP contribution in [0.5, 0.6) is 0 Å². The number of carboxylic acid groups (broad SMARTS) is 1. The van der Waals surface area contributed by atoms with Crippen LogP contribution < -0.4 is 0 Å². The Morgan fingerprint density at radius 1 is 1.67 bits per heavy atom. The molecule has 3 nitrogen and oxygen atoms in total. The average Bonchev–Trinajstić information content (AvgIpc) is 2.32. The van der Waals surface area contributed by atoms with Gasteiger partial charge in [-0.1, -0.05) is 0 Å². The number of aliphatic hydroxyl groups is 1. The first-order chi connectivity index (χ1) is 5.65. The monoisotopic (exact) mass is 186 g/mol. The van der Waals surface area contributed by atoms with Crippen LogP contribution in [0.2, 0.25) is 0 Å². The van der Waals surface area contributed by atoms with Crippen LogP contribution in [0.1, 0.15) is 20.1 Å². The SMILES string of the molecule is Cc1cc(CCO)sc1C(=O)O. The lowest BCUT2D eigenvalue weighted by Crippen LogP contribution is -1.93. The van der Waals surface area contributed by atoms with Gasteiger partial charge >= 0.3 is 5.97 Å². The van der Waals surface area contributed by atoms with Gasteiger partial charge in [-0.25, -0.2) is 4.79 Å². The minimum atomic E-state index is -0.887. The summed E-state index contributed by atoms with van der Waals surface area (Å²) >= 11 is 1.23. The fourth-order valence-corrected chi connectivity index (χ4v) is 1.99. The summed E-state index contributed by atoms with van der Waals surface area (Å²) in [5, 5.41) is 17.3. The van der Waals surface area contributed by atoms with Crippen LogP contribution in [0, 0.1) is 6.92 Å². The first-order valence-electron chi connectivity index (χ1n) is 3.58. The first-order valence-corrected chi connectivity index (χ1v) is 4.40. The highest BCUT2D eigenvalue weighted by Gasteiger charge is 2.11. The molecule has 1 aromatic rings. The Balaban J connectivity index is 2.92. The summed E-state index contributed by atoms with van der Waals surface area (Å²) in [5.41, 5.74) is 0.774. The Morgan fingerprint density at radius 3 is 2.75 bits per heavy atom. The Hall–Kier alpha value is -0.870. The van der Waals surface area contributed by atoms with E-state index >= 15 is 0 Å². The Morgan fingerprint density at radius 2 is 2.33 bits per heavy atom. The van der Waals surface area contributed by atoms with Crippen LogP contribution >= 0.6 is 11.3 Å². The second-order valence-electron chi connectivity index (χ2n) is 2.50. The van der Waals surface area contributed by atoms with Crippen molar-refractivity contribution in [1.29, 1.82) is 0 Å². The molecule has 12 heavy (non-hydrogen) atoms. The van der Waals surface area contributed by atoms with Crippen molar-refractivity contribution in [3.8, 4) is 0 Å². The number of aromatic carboxylic acids is 1. The highest BCUT2D eigenvalue weighted by molar-refractivity contribution is 7.14. The van der Waals surface area contributed by atoms with E-state index < -0.39 is 5.97 Å². The van der Waals surface area contributed by atoms with Gasteiger partial charge in [0.1, 0.15) is 4.88 Å². The van der Waals surface area contributed by atoms with Gasteiger partial charge in [0.05, 0.1) is 0 Å². The second-order valence-corrected chi connectivity index (χ2v) is 3.64. The van der Waals surface area contributed by atoms with E-state index in [-0.39, 0.29) is 6.61 Å². The zero-order valence-electron chi connectivity index (χ0n) is 6.70. The van der Waals surface area contributed by atoms with E-state index in [0.717, 1.165) is 10.4 Å². The lowest BCUT2D eigenvalue weighted by atomic mass is 10.2. The van der Waals surface area contributed by atoms with E-state index in [4.69, 9.17) is 10.2 Å². The number of aryl methyl sites for hydroxylation is 1. The zero-order chi connectivity index (χ0) is 9.14. The third-order valence-electron chi connectivity index (χ3n) is 1.52. The molecule has 0 amide bonds. The largest absolute Gasteiger partial charge is 0.477 e. The predicted octanol–water partition coefficient (Wildman–Crippen LogP) is 1.29. The van der Waals surface area contributed by atoms with Crippen molar-refractivity contribution in [3.05, 3.63) is 21.4 Å². The van der Waals surface area contributed by atoms with Gasteiger partial charge in [0.2, 0.25) is 0 Å². The standard InChI is InChI=1S/C8H10O3S/c1-5-4-6(2-3-9)12-7(5)8(10)11/h4,9H,2-3H2,1H3,(H,10,11). The van der Waals surface area contributed by atoms with Crippen molar-refractivity contribution in [2.75, 3.05) is 6.61 Å². The maximum Gasteiger partial charge on any atom is 0.346 e. The molecule has 0 radical (unpaired) electrons. The summed E-state index contributed by atoms with van der Waals surface area (Å²) in [7, 11) is 0. The van der Waals surface area contributed by atoms with Crippen LogP contribution in [0.3, 0.4) is 0 Å². The van der Waals surface area contributed by atoms with Crippen LogP contribution in [0.25, 0.3) is 0 Å². The van der Waals surface area contributed by atoms with Crippen molar-refractivity contribution in [1.82, 2.24) is 0 Å². The number of aliphatic hydroxyl groups excluding tert-OH is 1. The Bertz CT molecular complexity index is 290. The summed E-state index contributed by atoms with van der Waals surface area (Å²) in [4.78, 5) is 11.9. The fraction of sp³-hybridized carbons (Fsp3) is 0.375. The maximum absolute atomic E-state index is 10.6. The van der Waals surface area contributed by atoms with Gasteiger partial charge in [-0.2, -0.15) is 0 Å². The van der Waals surface area contributed by atoms with E-state index in [9.17, 15) is 4.79 Å². The number of thiophene rings is 1. The average molecular weight is 186 g/mol. The molecular weight excluding hydrogens is 176 g/mol. The molecular formula is C8H10O3S. The smallest absolute Gasteiger partial charge is 0.346 e. The molecule has 0 saturated carbocycles. The summed E-state index contributed by atoms with van der Waals surface area (Å²) in [6, 6.07) is 1.81. The molecule has 2 N–H and O–H groups in total. The molecule has 66 valence electrons. The Labute approximate surface area is 74.3 Å². The minimum Gasteiger partial charge on any atom is -0.477 e. The molecule has 0 fully saturated rings. The van der Waals surface area contributed by atoms with E-state index in [1.807, 2.05) is 6.07 Å². The topological polar surface area (TPSA) is 57.5 Å². The van der Waals surface area contributed by atoms with Gasteiger partial charge < -0.3 is 10.2 Å². The second kappa shape index (κ2) is 3.69. The highest BCUT2D eigenvalue weighted by atomic mass is 32.1. The van der Waals surface area contributed by atoms with Crippen molar-refractivity contribution in [3.63, 3.8) is 0 Å². The van der Waals surface area contributed by atoms with Crippen molar-refractivity contribution < 1.29 is 15.0 Å². The van der Waals surface area contributed by atoms with Gasteiger partial charge in [-0.05, 0) is 18.6 Å². The van der Waals surface area contributed by atoms with E-state index in [2.05, 4.69) is 0 Å². The van der Waals surface area contributed by atoms with Gasteiger partial charge in [0, 0.05) is 17.9 Å². The molecule has 1 aromatic heterocycles. The van der Waals surface area contributed by atoms with Gasteiger partial charge in [-0.3, -0.25) is 0 Å². The fourth-order valence-electron chi connectivity index (χ4n) is 0.994. The first kappa shape index (κ1) is 9.22. The summed E-state index contributed by atoms with van der Waals surface area (Å²) in [6.07, 6.45) is 0.540. The van der Waals surface area contributed by atoms with E-state index in [0.29, 0.717) is 11.3 Å². The van der Waals surface area contributed by atoms with E-state index in [1.165, 1.54) is 11.3 Å². The maximum atomic E-state index is 10.6. The van der Waals surface area contributed by atoms with Crippen molar-refractivity contribution >= 4 is 17.3 Å². The number of rotatable bonds is 3. The third-order valence-corrected chi connectivity index (χ3v) is 2.81. The summed E-state index contributed by atoms with van der Waals surface area (Å²) in [6.45, 7) is 1.83. The molecule has 0 unspecified atom stereocenters. The third kappa shape index (κ3) is 1.84. The van der Waals surface area contributed by atoms with Crippen LogP contribution in [0.4, 0.5) is 0 Å². The lowest BCUT2D eigenvalue weighted by Gasteiger charge is -1.87. The summed E-state index contributed by atoms with van der Waals surface area (Å²) in [5.74, 6) is -0.887. The Kier molecular flexibility index (Phi) is 2.83. The number of carbonyl (C=O) groups is 1. The molecule has 0 aliphatic carbocycles. The molecule has 0 saturated heterocycles. The quantitative estimate of drug-likeness (QED) is 0.747. The molecule has 0 aliphatic rings.